The number of nitrogens with zero attached hydrogens (tertiary/aromatic N) is 2. The lowest BCUT2D eigenvalue weighted by Crippen LogP contribution is -1.98. The monoisotopic (exact) mass is 161 g/mol. The molecule has 0 unspecified atom stereocenters. The molecule has 0 aliphatic carbocycles. The van der Waals surface area contributed by atoms with Crippen LogP contribution >= 0.6 is 0 Å². The molecule has 2 aromatic rings. The molecule has 2 N–H and O–H groups in total. The molecular weight excluding hydrogens is 150 g/mol. The Labute approximate surface area is 70.8 Å². The van der Waals surface area contributed by atoms with Crippen LogP contribution in [-0.2, 0) is 0 Å². The Morgan fingerprint density at radius 1 is 1.33 bits per heavy atom. The van der Waals surface area contributed by atoms with Crippen LogP contribution < -0.4 is 5.73 Å². The van der Waals surface area contributed by atoms with Crippen molar-refractivity contribution in [3.8, 4) is 0 Å². The number of rotatable bonds is 0. The van der Waals surface area contributed by atoms with Gasteiger partial charge < -0.3 is 5.73 Å². The molecule has 0 spiro atoms. The number of nitrogen functional groups attached to an aromatic ring is 1. The smallest absolute Gasteiger partial charge is 0.137 e. The van der Waals surface area contributed by atoms with Crippen molar-refractivity contribution in [1.82, 2.24) is 9.38 Å². The number of pyridine rings is 1. The first kappa shape index (κ1) is 7.16. The van der Waals surface area contributed by atoms with Crippen molar-refractivity contribution in [2.24, 2.45) is 0 Å². The number of imidazole rings is 1. The molecular formula is C9H11N3. The van der Waals surface area contributed by atoms with Gasteiger partial charge in [-0.1, -0.05) is 0 Å². The minimum absolute atomic E-state index is 0.809. The second-order valence-electron chi connectivity index (χ2n) is 2.97. The van der Waals surface area contributed by atoms with Gasteiger partial charge in [-0.3, -0.25) is 4.40 Å². The third-order valence-electron chi connectivity index (χ3n) is 2.13. The molecule has 12 heavy (non-hydrogen) atoms. The quantitative estimate of drug-likeness (QED) is 0.636. The van der Waals surface area contributed by atoms with Crippen LogP contribution in [0.4, 0.5) is 5.69 Å². The van der Waals surface area contributed by atoms with Gasteiger partial charge >= 0.3 is 0 Å². The number of fused-ring (bicyclic) bond motifs is 1. The Hall–Kier alpha value is -1.51. The molecule has 0 aromatic carbocycles. The average Bonchev–Trinajstić information content (AvgIpc) is 2.41. The molecule has 62 valence electrons. The number of aromatic nitrogens is 2. The molecule has 0 fully saturated rings. The van der Waals surface area contributed by atoms with Gasteiger partial charge in [-0.2, -0.15) is 0 Å². The third-order valence-corrected chi connectivity index (χ3v) is 2.13. The highest BCUT2D eigenvalue weighted by Crippen LogP contribution is 2.15. The van der Waals surface area contributed by atoms with E-state index in [1.165, 1.54) is 0 Å². The molecule has 2 rings (SSSR count). The topological polar surface area (TPSA) is 43.3 Å². The molecule has 0 saturated carbocycles. The van der Waals surface area contributed by atoms with E-state index in [1.807, 2.05) is 32.2 Å². The van der Waals surface area contributed by atoms with Gasteiger partial charge in [0.25, 0.3) is 0 Å². The Balaban J connectivity index is 2.96. The maximum Gasteiger partial charge on any atom is 0.137 e. The van der Waals surface area contributed by atoms with Gasteiger partial charge in [0.2, 0.25) is 0 Å². The summed E-state index contributed by atoms with van der Waals surface area (Å²) >= 11 is 0. The predicted molar refractivity (Wildman–Crippen MR) is 49.1 cm³/mol. The van der Waals surface area contributed by atoms with E-state index in [0.29, 0.717) is 0 Å². The van der Waals surface area contributed by atoms with Crippen LogP contribution in [0, 0.1) is 13.8 Å². The van der Waals surface area contributed by atoms with E-state index in [2.05, 4.69) is 9.38 Å². The summed E-state index contributed by atoms with van der Waals surface area (Å²) < 4.78 is 2.05. The van der Waals surface area contributed by atoms with Gasteiger partial charge in [-0.15, -0.1) is 0 Å². The van der Waals surface area contributed by atoms with E-state index in [-0.39, 0.29) is 0 Å². The Morgan fingerprint density at radius 2 is 2.08 bits per heavy atom. The van der Waals surface area contributed by atoms with Crippen LogP contribution in [0.15, 0.2) is 18.3 Å². The highest BCUT2D eigenvalue weighted by atomic mass is 15.0. The van der Waals surface area contributed by atoms with Crippen LogP contribution in [0.1, 0.15) is 11.4 Å². The van der Waals surface area contributed by atoms with Crippen molar-refractivity contribution < 1.29 is 0 Å². The third kappa shape index (κ3) is 0.794. The molecule has 0 saturated heterocycles. The van der Waals surface area contributed by atoms with Gasteiger partial charge in [0.05, 0.1) is 5.69 Å². The van der Waals surface area contributed by atoms with Crippen molar-refractivity contribution in [2.75, 3.05) is 5.73 Å². The van der Waals surface area contributed by atoms with Crippen molar-refractivity contribution in [3.05, 3.63) is 29.7 Å². The van der Waals surface area contributed by atoms with Gasteiger partial charge in [0, 0.05) is 17.6 Å². The first-order chi connectivity index (χ1) is 5.70. The number of nitrogens with two attached hydrogens (primary N) is 1. The lowest BCUT2D eigenvalue weighted by Gasteiger charge is -2.04. The summed E-state index contributed by atoms with van der Waals surface area (Å²) in [5.74, 6) is 0. The minimum Gasteiger partial charge on any atom is -0.397 e. The summed E-state index contributed by atoms with van der Waals surface area (Å²) in [6.45, 7) is 4.02. The minimum atomic E-state index is 0.809. The fraction of sp³-hybridized carbons (Fsp3) is 0.222. The molecule has 0 amide bonds. The van der Waals surface area contributed by atoms with Crippen molar-refractivity contribution in [2.45, 2.75) is 13.8 Å². The number of anilines is 1. The summed E-state index contributed by atoms with van der Waals surface area (Å²) in [4.78, 5) is 4.23. The number of hydrogen-bond donors (Lipinski definition) is 1. The van der Waals surface area contributed by atoms with Crippen molar-refractivity contribution in [1.29, 1.82) is 0 Å². The first-order valence-corrected chi connectivity index (χ1v) is 3.89. The van der Waals surface area contributed by atoms with Gasteiger partial charge in [0.1, 0.15) is 5.65 Å². The van der Waals surface area contributed by atoms with E-state index >= 15 is 0 Å². The Bertz CT molecular complexity index is 429. The Kier molecular flexibility index (Phi) is 1.33. The molecule has 2 heterocycles. The highest BCUT2D eigenvalue weighted by molar-refractivity contribution is 5.53. The van der Waals surface area contributed by atoms with Crippen molar-refractivity contribution >= 4 is 11.3 Å². The van der Waals surface area contributed by atoms with Crippen LogP contribution in [0.5, 0.6) is 0 Å². The zero-order valence-electron chi connectivity index (χ0n) is 7.20. The molecule has 3 nitrogen and oxygen atoms in total. The Morgan fingerprint density at radius 3 is 2.83 bits per heavy atom. The summed E-state index contributed by atoms with van der Waals surface area (Å²) in [6.07, 6.45) is 1.85. The lowest BCUT2D eigenvalue weighted by molar-refractivity contribution is 1.04. The molecule has 0 radical (unpaired) electrons. The molecule has 0 bridgehead atoms. The van der Waals surface area contributed by atoms with E-state index in [4.69, 9.17) is 5.73 Å². The lowest BCUT2D eigenvalue weighted by atomic mass is 10.3. The fourth-order valence-electron chi connectivity index (χ4n) is 1.42. The fourth-order valence-corrected chi connectivity index (χ4v) is 1.42. The number of hydrogen-bond acceptors (Lipinski definition) is 2. The van der Waals surface area contributed by atoms with Crippen LogP contribution in [0.3, 0.4) is 0 Å². The molecule has 0 aliphatic rings. The van der Waals surface area contributed by atoms with Crippen molar-refractivity contribution in [3.63, 3.8) is 0 Å². The van der Waals surface area contributed by atoms with Gasteiger partial charge in [-0.05, 0) is 26.0 Å². The van der Waals surface area contributed by atoms with E-state index < -0.39 is 0 Å². The zero-order valence-corrected chi connectivity index (χ0v) is 7.20. The van der Waals surface area contributed by atoms with Crippen LogP contribution in [0.25, 0.3) is 5.65 Å². The SMILES string of the molecule is Cc1cnc2ccc(N)c(C)n12. The largest absolute Gasteiger partial charge is 0.397 e. The van der Waals surface area contributed by atoms with E-state index in [1.54, 1.807) is 0 Å². The predicted octanol–water partition coefficient (Wildman–Crippen LogP) is 1.53. The average molecular weight is 161 g/mol. The van der Waals surface area contributed by atoms with Gasteiger partial charge in [-0.25, -0.2) is 4.98 Å². The highest BCUT2D eigenvalue weighted by Gasteiger charge is 2.02. The molecule has 0 atom stereocenters. The second kappa shape index (κ2) is 2.24. The van der Waals surface area contributed by atoms with Crippen LogP contribution in [0.2, 0.25) is 0 Å². The summed E-state index contributed by atoms with van der Waals surface area (Å²) in [5, 5.41) is 0. The van der Waals surface area contributed by atoms with E-state index in [9.17, 15) is 0 Å². The molecule has 0 aliphatic heterocycles. The van der Waals surface area contributed by atoms with Gasteiger partial charge in [0.15, 0.2) is 0 Å². The summed E-state index contributed by atoms with van der Waals surface area (Å²) in [7, 11) is 0. The van der Waals surface area contributed by atoms with E-state index in [0.717, 1.165) is 22.7 Å². The molecule has 3 heteroatoms. The summed E-state index contributed by atoms with van der Waals surface area (Å²) in [5.41, 5.74) is 9.71. The second-order valence-corrected chi connectivity index (χ2v) is 2.97. The maximum atomic E-state index is 5.77. The normalized spacial score (nSPS) is 10.8. The van der Waals surface area contributed by atoms with Crippen LogP contribution in [-0.4, -0.2) is 9.38 Å². The zero-order chi connectivity index (χ0) is 8.72. The maximum absolute atomic E-state index is 5.77. The first-order valence-electron chi connectivity index (χ1n) is 3.89. The molecule has 2 aromatic heterocycles. The summed E-state index contributed by atoms with van der Waals surface area (Å²) in [6, 6.07) is 3.81. The number of aryl methyl sites for hydroxylation is 2. The standard InChI is InChI=1S/C9H11N3/c1-6-5-11-9-4-3-8(10)7(2)12(6)9/h3-5H,10H2,1-2H3.